The van der Waals surface area contributed by atoms with Gasteiger partial charge in [0, 0.05) is 32.3 Å². The fourth-order valence-corrected chi connectivity index (χ4v) is 2.98. The second-order valence-electron chi connectivity index (χ2n) is 6.79. The molecule has 2 N–H and O–H groups in total. The normalized spacial score (nSPS) is 23.1. The number of aromatic nitrogens is 1. The Hall–Kier alpha value is -1.54. The summed E-state index contributed by atoms with van der Waals surface area (Å²) >= 11 is 5.87. The Morgan fingerprint density at radius 1 is 1.50 bits per heavy atom. The van der Waals surface area contributed by atoms with E-state index in [1.165, 1.54) is 19.4 Å². The van der Waals surface area contributed by atoms with Gasteiger partial charge in [-0.3, -0.25) is 4.79 Å². The van der Waals surface area contributed by atoms with Crippen LogP contribution in [0.15, 0.2) is 12.3 Å². The Morgan fingerprint density at radius 2 is 2.19 bits per heavy atom. The Balaban J connectivity index is 2.11. The van der Waals surface area contributed by atoms with Crippen LogP contribution in [0.2, 0.25) is 5.15 Å². The number of alkyl halides is 3. The SMILES string of the molecule is COC1CC(Nc2cc(Cl)ncc2C(=O)NCC(F)C(C)C)CC1(F)F. The highest BCUT2D eigenvalue weighted by Crippen LogP contribution is 2.38. The Bertz CT molecular complexity index is 646. The molecule has 146 valence electrons. The molecular formula is C17H23ClF3N3O2. The first-order chi connectivity index (χ1) is 12.1. The zero-order valence-electron chi connectivity index (χ0n) is 14.9. The number of rotatable bonds is 7. The molecule has 1 aliphatic rings. The molecule has 3 unspecified atom stereocenters. The molecule has 1 aliphatic carbocycles. The topological polar surface area (TPSA) is 63.2 Å². The van der Waals surface area contributed by atoms with Crippen LogP contribution in [0.1, 0.15) is 37.0 Å². The van der Waals surface area contributed by atoms with Gasteiger partial charge in [0.25, 0.3) is 11.8 Å². The van der Waals surface area contributed by atoms with Gasteiger partial charge in [0.05, 0.1) is 11.3 Å². The van der Waals surface area contributed by atoms with Crippen LogP contribution in [-0.2, 0) is 4.74 Å². The summed E-state index contributed by atoms with van der Waals surface area (Å²) in [5.74, 6) is -3.74. The number of pyridine rings is 1. The lowest BCUT2D eigenvalue weighted by molar-refractivity contribution is -0.102. The Morgan fingerprint density at radius 3 is 2.77 bits per heavy atom. The van der Waals surface area contributed by atoms with Gasteiger partial charge in [-0.15, -0.1) is 0 Å². The van der Waals surface area contributed by atoms with Gasteiger partial charge in [-0.1, -0.05) is 25.4 Å². The number of nitrogens with one attached hydrogen (secondary N) is 2. The van der Waals surface area contributed by atoms with Crippen molar-refractivity contribution >= 4 is 23.2 Å². The highest BCUT2D eigenvalue weighted by atomic mass is 35.5. The summed E-state index contributed by atoms with van der Waals surface area (Å²) in [6.45, 7) is 3.27. The minimum atomic E-state index is -2.95. The van der Waals surface area contributed by atoms with Crippen LogP contribution in [0.3, 0.4) is 0 Å². The summed E-state index contributed by atoms with van der Waals surface area (Å²) in [5, 5.41) is 5.53. The maximum absolute atomic E-state index is 13.9. The van der Waals surface area contributed by atoms with E-state index in [1.54, 1.807) is 13.8 Å². The number of methoxy groups -OCH3 is 1. The first-order valence-electron chi connectivity index (χ1n) is 8.39. The first kappa shape index (κ1) is 20.8. The van der Waals surface area contributed by atoms with E-state index < -0.39 is 36.6 Å². The third kappa shape index (κ3) is 5.01. The van der Waals surface area contributed by atoms with E-state index >= 15 is 0 Å². The molecule has 0 aliphatic heterocycles. The predicted molar refractivity (Wildman–Crippen MR) is 93.7 cm³/mol. The van der Waals surface area contributed by atoms with Crippen molar-refractivity contribution in [1.29, 1.82) is 0 Å². The fraction of sp³-hybridized carbons (Fsp3) is 0.647. The minimum absolute atomic E-state index is 0.0877. The summed E-state index contributed by atoms with van der Waals surface area (Å²) in [6, 6.07) is 0.800. The molecule has 1 fully saturated rings. The summed E-state index contributed by atoms with van der Waals surface area (Å²) in [4.78, 5) is 16.2. The molecule has 5 nitrogen and oxygen atoms in total. The summed E-state index contributed by atoms with van der Waals surface area (Å²) in [5.41, 5.74) is 0.398. The third-order valence-corrected chi connectivity index (χ3v) is 4.64. The van der Waals surface area contributed by atoms with Crippen molar-refractivity contribution in [1.82, 2.24) is 10.3 Å². The van der Waals surface area contributed by atoms with Gasteiger partial charge in [-0.05, 0) is 18.4 Å². The number of hydrogen-bond acceptors (Lipinski definition) is 4. The molecule has 3 atom stereocenters. The van der Waals surface area contributed by atoms with Crippen molar-refractivity contribution in [2.24, 2.45) is 5.92 Å². The quantitative estimate of drug-likeness (QED) is 0.693. The van der Waals surface area contributed by atoms with E-state index in [2.05, 4.69) is 15.6 Å². The van der Waals surface area contributed by atoms with Crippen LogP contribution < -0.4 is 10.6 Å². The van der Waals surface area contributed by atoms with Crippen LogP contribution in [0.4, 0.5) is 18.9 Å². The second kappa shape index (κ2) is 8.43. The van der Waals surface area contributed by atoms with Crippen molar-refractivity contribution in [3.8, 4) is 0 Å². The number of hydrogen-bond donors (Lipinski definition) is 2. The predicted octanol–water partition coefficient (Wildman–Crippen LogP) is 3.68. The average molecular weight is 394 g/mol. The Labute approximate surface area is 155 Å². The first-order valence-corrected chi connectivity index (χ1v) is 8.76. The van der Waals surface area contributed by atoms with E-state index in [-0.39, 0.29) is 35.3 Å². The van der Waals surface area contributed by atoms with Crippen molar-refractivity contribution in [3.05, 3.63) is 23.0 Å². The van der Waals surface area contributed by atoms with E-state index in [1.807, 2.05) is 0 Å². The molecule has 0 radical (unpaired) electrons. The smallest absolute Gasteiger partial charge is 0.275 e. The molecule has 1 heterocycles. The molecule has 1 aromatic heterocycles. The van der Waals surface area contributed by atoms with Crippen LogP contribution in [0, 0.1) is 5.92 Å². The average Bonchev–Trinajstić information content (AvgIpc) is 2.85. The van der Waals surface area contributed by atoms with Gasteiger partial charge in [-0.25, -0.2) is 18.2 Å². The van der Waals surface area contributed by atoms with Crippen molar-refractivity contribution in [3.63, 3.8) is 0 Å². The van der Waals surface area contributed by atoms with Crippen molar-refractivity contribution < 1.29 is 22.7 Å². The maximum Gasteiger partial charge on any atom is 0.275 e. The zero-order valence-corrected chi connectivity index (χ0v) is 15.6. The number of halogens is 4. The molecule has 0 bridgehead atoms. The molecular weight excluding hydrogens is 371 g/mol. The molecule has 1 amide bonds. The fourth-order valence-electron chi connectivity index (χ4n) is 2.82. The van der Waals surface area contributed by atoms with Crippen molar-refractivity contribution in [2.75, 3.05) is 19.0 Å². The monoisotopic (exact) mass is 393 g/mol. The lowest BCUT2D eigenvalue weighted by Crippen LogP contribution is -2.33. The zero-order chi connectivity index (χ0) is 19.5. The number of carbonyl (C=O) groups is 1. The van der Waals surface area contributed by atoms with Gasteiger partial charge in [0.2, 0.25) is 0 Å². The van der Waals surface area contributed by atoms with E-state index in [9.17, 15) is 18.0 Å². The third-order valence-electron chi connectivity index (χ3n) is 4.43. The van der Waals surface area contributed by atoms with E-state index in [4.69, 9.17) is 16.3 Å². The summed E-state index contributed by atoms with van der Waals surface area (Å²) in [6.07, 6.45) is -1.47. The van der Waals surface area contributed by atoms with Crippen LogP contribution >= 0.6 is 11.6 Å². The van der Waals surface area contributed by atoms with Gasteiger partial charge >= 0.3 is 0 Å². The number of anilines is 1. The van der Waals surface area contributed by atoms with Crippen LogP contribution in [0.25, 0.3) is 0 Å². The highest BCUT2D eigenvalue weighted by Gasteiger charge is 2.49. The van der Waals surface area contributed by atoms with Gasteiger partial charge < -0.3 is 15.4 Å². The highest BCUT2D eigenvalue weighted by molar-refractivity contribution is 6.29. The maximum atomic E-state index is 13.9. The van der Waals surface area contributed by atoms with Crippen LogP contribution in [-0.4, -0.2) is 48.8 Å². The number of nitrogens with zero attached hydrogens (tertiary/aromatic N) is 1. The molecule has 0 aromatic carbocycles. The molecule has 0 spiro atoms. The second-order valence-corrected chi connectivity index (χ2v) is 7.18. The van der Waals surface area contributed by atoms with E-state index in [0.717, 1.165) is 0 Å². The minimum Gasteiger partial charge on any atom is -0.381 e. The molecule has 26 heavy (non-hydrogen) atoms. The number of ether oxygens (including phenoxy) is 1. The standard InChI is InChI=1S/C17H23ClF3N3O2/c1-9(2)12(19)8-23-16(25)11-7-22-15(18)5-13(11)24-10-4-14(26-3)17(20,21)6-10/h5,7,9-10,12,14H,4,6,8H2,1-3H3,(H,22,24)(H,23,25). The molecule has 0 saturated heterocycles. The van der Waals surface area contributed by atoms with Crippen molar-refractivity contribution in [2.45, 2.75) is 50.9 Å². The number of amides is 1. The largest absolute Gasteiger partial charge is 0.381 e. The lowest BCUT2D eigenvalue weighted by atomic mass is 10.1. The lowest BCUT2D eigenvalue weighted by Gasteiger charge is -2.18. The molecule has 9 heteroatoms. The van der Waals surface area contributed by atoms with Gasteiger partial charge in [0.15, 0.2) is 0 Å². The molecule has 2 rings (SSSR count). The number of carbonyl (C=O) groups excluding carboxylic acids is 1. The van der Waals surface area contributed by atoms with Gasteiger partial charge in [0.1, 0.15) is 17.4 Å². The van der Waals surface area contributed by atoms with Gasteiger partial charge in [-0.2, -0.15) is 0 Å². The molecule has 1 saturated carbocycles. The summed E-state index contributed by atoms with van der Waals surface area (Å²) in [7, 11) is 1.24. The van der Waals surface area contributed by atoms with E-state index in [0.29, 0.717) is 0 Å². The molecule has 1 aromatic rings. The van der Waals surface area contributed by atoms with Crippen LogP contribution in [0.5, 0.6) is 0 Å². The Kier molecular flexibility index (Phi) is 6.74. The summed E-state index contributed by atoms with van der Waals surface area (Å²) < 4.78 is 46.3.